The molecule has 1 N–H and O–H groups in total. The van der Waals surface area contributed by atoms with Crippen molar-refractivity contribution in [3.63, 3.8) is 0 Å². The lowest BCUT2D eigenvalue weighted by Crippen LogP contribution is -2.05. The van der Waals surface area contributed by atoms with Gasteiger partial charge in [-0.2, -0.15) is 0 Å². The Morgan fingerprint density at radius 2 is 1.32 bits per heavy atom. The second-order valence-corrected chi connectivity index (χ2v) is 5.25. The maximum Gasteiger partial charge on any atom is 0.195 e. The van der Waals surface area contributed by atoms with Gasteiger partial charge in [-0.05, 0) is 24.3 Å². The van der Waals surface area contributed by atoms with Gasteiger partial charge in [-0.1, -0.05) is 66.2 Å². The van der Waals surface area contributed by atoms with Crippen molar-refractivity contribution in [1.29, 1.82) is 0 Å². The molecule has 0 radical (unpaired) electrons. The lowest BCUT2D eigenvalue weighted by molar-refractivity contribution is 0.103. The zero-order valence-electron chi connectivity index (χ0n) is 11.8. The Morgan fingerprint density at radius 1 is 0.727 bits per heavy atom. The number of nitrogens with one attached hydrogen (secondary N) is 1. The molecule has 0 aliphatic heterocycles. The molecular formula is C19H14ClNO. The summed E-state index contributed by atoms with van der Waals surface area (Å²) in [4.78, 5) is 12.7. The maximum absolute atomic E-state index is 12.7. The van der Waals surface area contributed by atoms with Crippen LogP contribution < -0.4 is 5.32 Å². The van der Waals surface area contributed by atoms with E-state index in [2.05, 4.69) is 5.32 Å². The van der Waals surface area contributed by atoms with Crippen molar-refractivity contribution in [2.75, 3.05) is 5.32 Å². The lowest BCUT2D eigenvalue weighted by Gasteiger charge is -2.12. The Bertz CT molecular complexity index is 799. The average molecular weight is 308 g/mol. The van der Waals surface area contributed by atoms with Crippen molar-refractivity contribution >= 4 is 28.8 Å². The Balaban J connectivity index is 1.97. The van der Waals surface area contributed by atoms with E-state index in [0.29, 0.717) is 16.1 Å². The van der Waals surface area contributed by atoms with Gasteiger partial charge >= 0.3 is 0 Å². The minimum Gasteiger partial charge on any atom is -0.354 e. The van der Waals surface area contributed by atoms with E-state index in [-0.39, 0.29) is 5.78 Å². The summed E-state index contributed by atoms with van der Waals surface area (Å²) in [5, 5.41) is 3.85. The van der Waals surface area contributed by atoms with Crippen LogP contribution in [0.4, 0.5) is 11.4 Å². The number of ketones is 1. The predicted octanol–water partition coefficient (Wildman–Crippen LogP) is 5.31. The van der Waals surface area contributed by atoms with Crippen LogP contribution in [0.5, 0.6) is 0 Å². The molecule has 0 saturated carbocycles. The minimum atomic E-state index is -0.0178. The molecule has 0 heterocycles. The molecule has 0 aromatic heterocycles. The summed E-state index contributed by atoms with van der Waals surface area (Å²) in [6.45, 7) is 0. The predicted molar refractivity (Wildman–Crippen MR) is 91.1 cm³/mol. The highest BCUT2D eigenvalue weighted by Crippen LogP contribution is 2.27. The number of carbonyl (C=O) groups is 1. The van der Waals surface area contributed by atoms with Gasteiger partial charge in [0, 0.05) is 16.8 Å². The highest BCUT2D eigenvalue weighted by Gasteiger charge is 2.13. The number of halogens is 1. The SMILES string of the molecule is O=C(c1ccccc1)c1ccccc1Nc1ccccc1Cl. The van der Waals surface area contributed by atoms with E-state index >= 15 is 0 Å². The van der Waals surface area contributed by atoms with Gasteiger partial charge in [-0.25, -0.2) is 0 Å². The van der Waals surface area contributed by atoms with Crippen LogP contribution in [0.15, 0.2) is 78.9 Å². The average Bonchev–Trinajstić information content (AvgIpc) is 2.58. The fraction of sp³-hybridized carbons (Fsp3) is 0. The largest absolute Gasteiger partial charge is 0.354 e. The maximum atomic E-state index is 12.7. The molecule has 0 saturated heterocycles. The van der Waals surface area contributed by atoms with Crippen LogP contribution in [0.25, 0.3) is 0 Å². The molecule has 0 unspecified atom stereocenters. The monoisotopic (exact) mass is 307 g/mol. The first-order valence-corrected chi connectivity index (χ1v) is 7.34. The van der Waals surface area contributed by atoms with Crippen LogP contribution in [0, 0.1) is 0 Å². The molecule has 22 heavy (non-hydrogen) atoms. The summed E-state index contributed by atoms with van der Waals surface area (Å²) in [6, 6.07) is 24.1. The Labute approximate surface area is 134 Å². The third kappa shape index (κ3) is 3.02. The molecule has 0 amide bonds. The fourth-order valence-electron chi connectivity index (χ4n) is 2.24. The smallest absolute Gasteiger partial charge is 0.195 e. The van der Waals surface area contributed by atoms with Gasteiger partial charge in [0.1, 0.15) is 0 Å². The first-order valence-electron chi connectivity index (χ1n) is 6.96. The van der Waals surface area contributed by atoms with Crippen LogP contribution in [-0.4, -0.2) is 5.78 Å². The van der Waals surface area contributed by atoms with Crippen molar-refractivity contribution in [3.8, 4) is 0 Å². The molecule has 0 aliphatic carbocycles. The first kappa shape index (κ1) is 14.4. The normalized spacial score (nSPS) is 10.2. The van der Waals surface area contributed by atoms with Crippen molar-refractivity contribution in [1.82, 2.24) is 0 Å². The lowest BCUT2D eigenvalue weighted by atomic mass is 10.0. The van der Waals surface area contributed by atoms with Gasteiger partial charge in [-0.15, -0.1) is 0 Å². The number of benzene rings is 3. The topological polar surface area (TPSA) is 29.1 Å². The quantitative estimate of drug-likeness (QED) is 0.661. The van der Waals surface area contributed by atoms with Crippen molar-refractivity contribution in [2.24, 2.45) is 0 Å². The van der Waals surface area contributed by atoms with E-state index in [1.165, 1.54) is 0 Å². The molecule has 0 spiro atoms. The zero-order valence-corrected chi connectivity index (χ0v) is 12.5. The second-order valence-electron chi connectivity index (χ2n) is 4.85. The molecule has 108 valence electrons. The van der Waals surface area contributed by atoms with E-state index in [1.807, 2.05) is 78.9 Å². The van der Waals surface area contributed by atoms with Crippen LogP contribution in [0.1, 0.15) is 15.9 Å². The Hall–Kier alpha value is -2.58. The van der Waals surface area contributed by atoms with Crippen LogP contribution in [0.2, 0.25) is 5.02 Å². The molecule has 0 aliphatic rings. The minimum absolute atomic E-state index is 0.0178. The van der Waals surface area contributed by atoms with E-state index in [1.54, 1.807) is 0 Å². The summed E-state index contributed by atoms with van der Waals surface area (Å²) < 4.78 is 0. The van der Waals surface area contributed by atoms with Gasteiger partial charge in [0.25, 0.3) is 0 Å². The van der Waals surface area contributed by atoms with Crippen LogP contribution >= 0.6 is 11.6 Å². The third-order valence-electron chi connectivity index (χ3n) is 3.35. The summed E-state index contributed by atoms with van der Waals surface area (Å²) in [5.41, 5.74) is 2.80. The summed E-state index contributed by atoms with van der Waals surface area (Å²) in [6.07, 6.45) is 0. The van der Waals surface area contributed by atoms with Crippen molar-refractivity contribution in [3.05, 3.63) is 95.0 Å². The van der Waals surface area contributed by atoms with E-state index in [4.69, 9.17) is 11.6 Å². The highest BCUT2D eigenvalue weighted by molar-refractivity contribution is 6.33. The molecule has 0 fully saturated rings. The van der Waals surface area contributed by atoms with Gasteiger partial charge in [0.15, 0.2) is 5.78 Å². The van der Waals surface area contributed by atoms with Gasteiger partial charge < -0.3 is 5.32 Å². The molecule has 0 bridgehead atoms. The number of anilines is 2. The summed E-state index contributed by atoms with van der Waals surface area (Å²) >= 11 is 6.18. The molecule has 0 atom stereocenters. The Kier molecular flexibility index (Phi) is 4.22. The molecule has 3 heteroatoms. The Morgan fingerprint density at radius 3 is 2.05 bits per heavy atom. The number of rotatable bonds is 4. The molecule has 2 nitrogen and oxygen atoms in total. The standard InChI is InChI=1S/C19H14ClNO/c20-16-11-5-7-13-18(16)21-17-12-6-4-10-15(17)19(22)14-8-2-1-3-9-14/h1-13,21H. The fourth-order valence-corrected chi connectivity index (χ4v) is 2.43. The van der Waals surface area contributed by atoms with Gasteiger partial charge in [-0.3, -0.25) is 4.79 Å². The summed E-state index contributed by atoms with van der Waals surface area (Å²) in [7, 11) is 0. The van der Waals surface area contributed by atoms with Crippen LogP contribution in [-0.2, 0) is 0 Å². The van der Waals surface area contributed by atoms with E-state index < -0.39 is 0 Å². The molecule has 3 aromatic rings. The number of para-hydroxylation sites is 2. The van der Waals surface area contributed by atoms with E-state index in [9.17, 15) is 4.79 Å². The number of carbonyl (C=O) groups excluding carboxylic acids is 1. The second kappa shape index (κ2) is 6.46. The van der Waals surface area contributed by atoms with Crippen LogP contribution in [0.3, 0.4) is 0 Å². The number of hydrogen-bond acceptors (Lipinski definition) is 2. The highest BCUT2D eigenvalue weighted by atomic mass is 35.5. The number of hydrogen-bond donors (Lipinski definition) is 1. The third-order valence-corrected chi connectivity index (χ3v) is 3.68. The summed E-state index contributed by atoms with van der Waals surface area (Å²) in [5.74, 6) is -0.0178. The van der Waals surface area contributed by atoms with Gasteiger partial charge in [0.2, 0.25) is 0 Å². The molecule has 3 aromatic carbocycles. The van der Waals surface area contributed by atoms with Crippen molar-refractivity contribution in [2.45, 2.75) is 0 Å². The van der Waals surface area contributed by atoms with E-state index in [0.717, 1.165) is 11.4 Å². The molecular weight excluding hydrogens is 294 g/mol. The first-order chi connectivity index (χ1) is 10.8. The zero-order chi connectivity index (χ0) is 15.4. The van der Waals surface area contributed by atoms with Crippen molar-refractivity contribution < 1.29 is 4.79 Å². The molecule has 3 rings (SSSR count). The van der Waals surface area contributed by atoms with Gasteiger partial charge in [0.05, 0.1) is 10.7 Å².